The minimum Gasteiger partial charge on any atom is -0.350 e. The van der Waals surface area contributed by atoms with Crippen molar-refractivity contribution in [2.24, 2.45) is 0 Å². The van der Waals surface area contributed by atoms with E-state index in [0.29, 0.717) is 0 Å². The van der Waals surface area contributed by atoms with Crippen molar-refractivity contribution in [3.8, 4) is 6.07 Å². The second-order valence-corrected chi connectivity index (χ2v) is 6.26. The fourth-order valence-corrected chi connectivity index (χ4v) is 3.91. The van der Waals surface area contributed by atoms with E-state index in [9.17, 15) is 5.26 Å². The van der Waals surface area contributed by atoms with Gasteiger partial charge in [-0.15, -0.1) is 11.3 Å². The van der Waals surface area contributed by atoms with Gasteiger partial charge in [0.15, 0.2) is 0 Å². The molecule has 0 unspecified atom stereocenters. The highest BCUT2D eigenvalue weighted by atomic mass is 32.1. The van der Waals surface area contributed by atoms with Crippen molar-refractivity contribution in [1.29, 1.82) is 5.26 Å². The van der Waals surface area contributed by atoms with Crippen LogP contribution in [0, 0.1) is 11.3 Å². The van der Waals surface area contributed by atoms with E-state index in [1.807, 2.05) is 11.6 Å². The number of pyridine rings is 1. The summed E-state index contributed by atoms with van der Waals surface area (Å²) in [5, 5.41) is 9.41. The zero-order valence-corrected chi connectivity index (χ0v) is 11.9. The van der Waals surface area contributed by atoms with E-state index in [-0.39, 0.29) is 0 Å². The third-order valence-electron chi connectivity index (χ3n) is 4.13. The molecule has 5 heteroatoms. The van der Waals surface area contributed by atoms with Gasteiger partial charge in [0.25, 0.3) is 0 Å². The quantitative estimate of drug-likeness (QED) is 0.806. The molecule has 2 aliphatic rings. The highest BCUT2D eigenvalue weighted by Gasteiger charge is 2.24. The molecule has 0 saturated heterocycles. The Morgan fingerprint density at radius 2 is 2.20 bits per heavy atom. The maximum atomic E-state index is 9.41. The fourth-order valence-electron chi connectivity index (χ4n) is 3.08. The van der Waals surface area contributed by atoms with Crippen LogP contribution in [0.25, 0.3) is 0 Å². The highest BCUT2D eigenvalue weighted by molar-refractivity contribution is 7.09. The van der Waals surface area contributed by atoms with Crippen molar-refractivity contribution >= 4 is 17.2 Å². The van der Waals surface area contributed by atoms with Crippen molar-refractivity contribution in [2.45, 2.75) is 32.2 Å². The van der Waals surface area contributed by atoms with Gasteiger partial charge in [0, 0.05) is 23.5 Å². The van der Waals surface area contributed by atoms with E-state index in [4.69, 9.17) is 4.98 Å². The first-order valence-corrected chi connectivity index (χ1v) is 7.82. The second-order valence-electron chi connectivity index (χ2n) is 5.32. The lowest BCUT2D eigenvalue weighted by molar-refractivity contribution is 0.715. The Bertz CT molecular complexity index is 713. The van der Waals surface area contributed by atoms with E-state index < -0.39 is 0 Å². The van der Waals surface area contributed by atoms with Gasteiger partial charge in [-0.3, -0.25) is 0 Å². The van der Waals surface area contributed by atoms with Crippen LogP contribution in [0.4, 0.5) is 5.82 Å². The van der Waals surface area contributed by atoms with Gasteiger partial charge in [-0.2, -0.15) is 5.26 Å². The maximum absolute atomic E-state index is 9.41. The summed E-state index contributed by atoms with van der Waals surface area (Å²) in [5.74, 6) is 0.868. The molecule has 2 aromatic heterocycles. The molecular weight excluding hydrogens is 268 g/mol. The van der Waals surface area contributed by atoms with Gasteiger partial charge in [0.1, 0.15) is 11.9 Å². The number of aromatic nitrogens is 2. The van der Waals surface area contributed by atoms with Gasteiger partial charge < -0.3 is 4.90 Å². The third-order valence-corrected chi connectivity index (χ3v) is 4.99. The van der Waals surface area contributed by atoms with Crippen molar-refractivity contribution in [2.75, 3.05) is 11.4 Å². The Kier molecular flexibility index (Phi) is 2.71. The molecule has 100 valence electrons. The summed E-state index contributed by atoms with van der Waals surface area (Å²) in [6.07, 6.45) is 4.22. The number of nitrogens with zero attached hydrogens (tertiary/aromatic N) is 4. The van der Waals surface area contributed by atoms with Crippen LogP contribution in [-0.2, 0) is 25.8 Å². The van der Waals surface area contributed by atoms with Gasteiger partial charge >= 0.3 is 0 Å². The Morgan fingerprint density at radius 3 is 3.10 bits per heavy atom. The molecule has 2 aromatic rings. The predicted octanol–water partition coefficient (Wildman–Crippen LogP) is 2.46. The van der Waals surface area contributed by atoms with E-state index in [0.717, 1.165) is 50.2 Å². The lowest BCUT2D eigenvalue weighted by Crippen LogP contribution is -2.31. The maximum Gasteiger partial charge on any atom is 0.147 e. The van der Waals surface area contributed by atoms with Crippen LogP contribution in [0.2, 0.25) is 0 Å². The number of fused-ring (bicyclic) bond motifs is 2. The van der Waals surface area contributed by atoms with Crippen LogP contribution in [0.1, 0.15) is 33.8 Å². The normalized spacial score (nSPS) is 16.6. The van der Waals surface area contributed by atoms with Crippen LogP contribution in [0.15, 0.2) is 11.6 Å². The van der Waals surface area contributed by atoms with Crippen molar-refractivity contribution < 1.29 is 0 Å². The molecule has 0 saturated carbocycles. The lowest BCUT2D eigenvalue weighted by atomic mass is 10.1. The number of anilines is 1. The third kappa shape index (κ3) is 1.80. The van der Waals surface area contributed by atoms with Crippen LogP contribution < -0.4 is 4.90 Å². The number of hydrogen-bond donors (Lipinski definition) is 0. The minimum atomic E-state index is 0.721. The first kappa shape index (κ1) is 11.9. The van der Waals surface area contributed by atoms with E-state index in [2.05, 4.69) is 16.0 Å². The number of thiazole rings is 1. The summed E-state index contributed by atoms with van der Waals surface area (Å²) < 4.78 is 0. The molecule has 4 rings (SSSR count). The molecule has 0 radical (unpaired) electrons. The average molecular weight is 282 g/mol. The summed E-state index contributed by atoms with van der Waals surface area (Å²) in [7, 11) is 0. The van der Waals surface area contributed by atoms with E-state index in [1.165, 1.54) is 21.8 Å². The molecule has 3 heterocycles. The molecule has 0 N–H and O–H groups in total. The van der Waals surface area contributed by atoms with E-state index >= 15 is 0 Å². The number of aryl methyl sites for hydroxylation is 2. The van der Waals surface area contributed by atoms with E-state index in [1.54, 1.807) is 11.3 Å². The molecule has 1 aliphatic carbocycles. The summed E-state index contributed by atoms with van der Waals surface area (Å²) in [5.41, 5.74) is 6.30. The molecule has 0 amide bonds. The number of nitriles is 1. The second kappa shape index (κ2) is 4.57. The Hall–Kier alpha value is -1.93. The Labute approximate surface area is 121 Å². The largest absolute Gasteiger partial charge is 0.350 e. The standard InChI is InChI=1S/C15H14N4S/c16-7-11-6-10-2-1-3-12(10)18-15(11)19-5-4-13-14(8-19)20-9-17-13/h6,9H,1-5,8H2. The van der Waals surface area contributed by atoms with Crippen molar-refractivity contribution in [1.82, 2.24) is 9.97 Å². The molecular formula is C15H14N4S. The fraction of sp³-hybridized carbons (Fsp3) is 0.400. The number of hydrogen-bond acceptors (Lipinski definition) is 5. The van der Waals surface area contributed by atoms with Crippen LogP contribution in [0.3, 0.4) is 0 Å². The number of rotatable bonds is 1. The van der Waals surface area contributed by atoms with Gasteiger partial charge in [0.05, 0.1) is 23.3 Å². The molecule has 4 nitrogen and oxygen atoms in total. The predicted molar refractivity (Wildman–Crippen MR) is 77.8 cm³/mol. The smallest absolute Gasteiger partial charge is 0.147 e. The molecule has 0 bridgehead atoms. The molecule has 0 fully saturated rings. The van der Waals surface area contributed by atoms with Crippen molar-refractivity contribution in [3.63, 3.8) is 0 Å². The monoisotopic (exact) mass is 282 g/mol. The molecule has 20 heavy (non-hydrogen) atoms. The molecule has 0 atom stereocenters. The summed E-state index contributed by atoms with van der Waals surface area (Å²) in [4.78, 5) is 12.7. The van der Waals surface area contributed by atoms with Gasteiger partial charge in [-0.1, -0.05) is 0 Å². The first-order valence-electron chi connectivity index (χ1n) is 6.94. The summed E-state index contributed by atoms with van der Waals surface area (Å²) in [6.45, 7) is 1.73. The van der Waals surface area contributed by atoms with Gasteiger partial charge in [-0.05, 0) is 30.9 Å². The lowest BCUT2D eigenvalue weighted by Gasteiger charge is -2.28. The van der Waals surface area contributed by atoms with Crippen LogP contribution in [0.5, 0.6) is 0 Å². The Morgan fingerprint density at radius 1 is 1.25 bits per heavy atom. The summed E-state index contributed by atoms with van der Waals surface area (Å²) in [6, 6.07) is 4.37. The molecule has 0 spiro atoms. The molecule has 0 aromatic carbocycles. The highest BCUT2D eigenvalue weighted by Crippen LogP contribution is 2.30. The SMILES string of the molecule is N#Cc1cc2c(nc1N1CCc3ncsc3C1)CCC2. The van der Waals surface area contributed by atoms with Crippen LogP contribution in [-0.4, -0.2) is 16.5 Å². The molecule has 1 aliphatic heterocycles. The van der Waals surface area contributed by atoms with Crippen molar-refractivity contribution in [3.05, 3.63) is 39.0 Å². The topological polar surface area (TPSA) is 52.8 Å². The minimum absolute atomic E-state index is 0.721. The zero-order chi connectivity index (χ0) is 13.5. The van der Waals surface area contributed by atoms with Gasteiger partial charge in [-0.25, -0.2) is 9.97 Å². The summed E-state index contributed by atoms with van der Waals surface area (Å²) >= 11 is 1.70. The van der Waals surface area contributed by atoms with Gasteiger partial charge in [0.2, 0.25) is 0 Å². The zero-order valence-electron chi connectivity index (χ0n) is 11.1. The first-order chi connectivity index (χ1) is 9.85. The average Bonchev–Trinajstić information content (AvgIpc) is 3.13. The van der Waals surface area contributed by atoms with Crippen LogP contribution >= 0.6 is 11.3 Å². The Balaban J connectivity index is 1.74.